The van der Waals surface area contributed by atoms with Gasteiger partial charge in [-0.1, -0.05) is 64.2 Å². The van der Waals surface area contributed by atoms with Crippen molar-refractivity contribution in [2.24, 2.45) is 5.92 Å². The average Bonchev–Trinajstić information content (AvgIpc) is 3.20. The fraction of sp³-hybridized carbons (Fsp3) is 0.545. The van der Waals surface area contributed by atoms with Gasteiger partial charge in [-0.05, 0) is 76.3 Å². The SMILES string of the molecule is CCC.COc1ccc(Cc2ccc(OC(=O)CNC(=O)OC(C)(C)C)cc2)c(NC(=O)C2CCCCCC2)c1C.[HH].[HH]. The van der Waals surface area contributed by atoms with Crippen molar-refractivity contribution in [3.05, 3.63) is 53.1 Å². The van der Waals surface area contributed by atoms with Crippen LogP contribution in [-0.2, 0) is 20.7 Å². The van der Waals surface area contributed by atoms with E-state index in [0.29, 0.717) is 12.2 Å². The molecule has 0 radical (unpaired) electrons. The Labute approximate surface area is 248 Å². The van der Waals surface area contributed by atoms with E-state index in [1.165, 1.54) is 19.3 Å². The van der Waals surface area contributed by atoms with Gasteiger partial charge in [-0.3, -0.25) is 4.79 Å². The number of hydrogen-bond acceptors (Lipinski definition) is 6. The number of ether oxygens (including phenoxy) is 3. The number of benzene rings is 2. The van der Waals surface area contributed by atoms with Crippen molar-refractivity contribution in [3.8, 4) is 11.5 Å². The van der Waals surface area contributed by atoms with E-state index in [0.717, 1.165) is 53.8 Å². The molecule has 0 aromatic heterocycles. The molecule has 0 aliphatic heterocycles. The maximum atomic E-state index is 13.2. The molecule has 0 atom stereocenters. The second-order valence-electron chi connectivity index (χ2n) is 11.5. The molecule has 41 heavy (non-hydrogen) atoms. The van der Waals surface area contributed by atoms with Crippen molar-refractivity contribution in [1.29, 1.82) is 0 Å². The second-order valence-corrected chi connectivity index (χ2v) is 11.5. The van der Waals surface area contributed by atoms with Gasteiger partial charge >= 0.3 is 12.1 Å². The predicted octanol–water partition coefficient (Wildman–Crippen LogP) is 7.84. The average molecular weight is 573 g/mol. The van der Waals surface area contributed by atoms with Crippen LogP contribution in [0.2, 0.25) is 0 Å². The highest BCUT2D eigenvalue weighted by molar-refractivity contribution is 5.94. The second kappa shape index (κ2) is 16.7. The lowest BCUT2D eigenvalue weighted by Crippen LogP contribution is -2.36. The van der Waals surface area contributed by atoms with E-state index in [9.17, 15) is 14.4 Å². The molecular formula is C33H52N2O6. The normalized spacial score (nSPS) is 13.6. The van der Waals surface area contributed by atoms with Crippen molar-refractivity contribution in [3.63, 3.8) is 0 Å². The van der Waals surface area contributed by atoms with E-state index in [1.807, 2.05) is 31.2 Å². The minimum absolute atomic E-state index is 0. The van der Waals surface area contributed by atoms with E-state index in [1.54, 1.807) is 40.0 Å². The Hall–Kier alpha value is -3.55. The van der Waals surface area contributed by atoms with Crippen LogP contribution in [0.4, 0.5) is 10.5 Å². The zero-order chi connectivity index (χ0) is 30.4. The summed E-state index contributed by atoms with van der Waals surface area (Å²) >= 11 is 0. The quantitative estimate of drug-likeness (QED) is 0.190. The standard InChI is InChI=1S/C30H40N2O6.C3H8.2H2/c1-20-25(36-5)17-14-23(27(20)32-28(34)22-10-8-6-7-9-11-22)18-21-12-15-24(16-13-21)37-26(33)19-31-29(35)38-30(2,3)4;1-3-2;;/h12-17,22H,6-11,18-19H2,1-5H3,(H,31,35)(H,32,34);3H2,1-2H3;2*1H. The summed E-state index contributed by atoms with van der Waals surface area (Å²) in [7, 11) is 1.63. The molecule has 1 aliphatic rings. The first-order chi connectivity index (χ1) is 19.5. The highest BCUT2D eigenvalue weighted by Gasteiger charge is 2.23. The van der Waals surface area contributed by atoms with Gasteiger partial charge in [0.05, 0.1) is 12.8 Å². The fourth-order valence-corrected chi connectivity index (χ4v) is 4.58. The molecule has 2 N–H and O–H groups in total. The van der Waals surface area contributed by atoms with E-state index in [-0.39, 0.29) is 21.2 Å². The molecule has 0 spiro atoms. The van der Waals surface area contributed by atoms with Gasteiger partial charge in [0, 0.05) is 14.3 Å². The van der Waals surface area contributed by atoms with Crippen molar-refractivity contribution in [2.75, 3.05) is 19.0 Å². The number of alkyl carbamates (subject to hydrolysis) is 1. The van der Waals surface area contributed by atoms with Crippen LogP contribution in [-0.4, -0.2) is 37.2 Å². The highest BCUT2D eigenvalue weighted by Crippen LogP contribution is 2.33. The maximum absolute atomic E-state index is 13.2. The van der Waals surface area contributed by atoms with E-state index in [2.05, 4.69) is 24.5 Å². The Morgan fingerprint density at radius 3 is 2.12 bits per heavy atom. The monoisotopic (exact) mass is 572 g/mol. The largest absolute Gasteiger partial charge is 0.496 e. The van der Waals surface area contributed by atoms with Crippen LogP contribution in [0.5, 0.6) is 11.5 Å². The summed E-state index contributed by atoms with van der Waals surface area (Å²) in [5.74, 6) is 0.615. The summed E-state index contributed by atoms with van der Waals surface area (Å²) in [5, 5.41) is 5.60. The Balaban J connectivity index is 0.00000338. The lowest BCUT2D eigenvalue weighted by Gasteiger charge is -2.20. The molecule has 230 valence electrons. The molecule has 3 rings (SSSR count). The Morgan fingerprint density at radius 2 is 1.56 bits per heavy atom. The first kappa shape index (κ1) is 33.7. The van der Waals surface area contributed by atoms with Gasteiger partial charge in [-0.25, -0.2) is 9.59 Å². The van der Waals surface area contributed by atoms with Crippen LogP contribution in [0.25, 0.3) is 0 Å². The molecule has 1 fully saturated rings. The van der Waals surface area contributed by atoms with Crippen molar-refractivity contribution in [1.82, 2.24) is 5.32 Å². The summed E-state index contributed by atoms with van der Waals surface area (Å²) in [6, 6.07) is 11.1. The lowest BCUT2D eigenvalue weighted by atomic mass is 9.96. The molecule has 1 saturated carbocycles. The third-order valence-electron chi connectivity index (χ3n) is 6.52. The van der Waals surface area contributed by atoms with Gasteiger partial charge in [0.25, 0.3) is 0 Å². The molecule has 0 bridgehead atoms. The molecule has 8 heteroatoms. The molecule has 2 aromatic carbocycles. The lowest BCUT2D eigenvalue weighted by molar-refractivity contribution is -0.133. The summed E-state index contributed by atoms with van der Waals surface area (Å²) in [6.07, 6.45) is 7.58. The van der Waals surface area contributed by atoms with Gasteiger partial charge in [0.1, 0.15) is 23.6 Å². The number of methoxy groups -OCH3 is 1. The molecule has 0 unspecified atom stereocenters. The number of nitrogens with one attached hydrogen (secondary N) is 2. The zero-order valence-electron chi connectivity index (χ0n) is 25.9. The molecule has 8 nitrogen and oxygen atoms in total. The highest BCUT2D eigenvalue weighted by atomic mass is 16.6. The van der Waals surface area contributed by atoms with E-state index in [4.69, 9.17) is 14.2 Å². The number of carbonyl (C=O) groups excluding carboxylic acids is 3. The molecule has 2 aromatic rings. The Kier molecular flexibility index (Phi) is 13.7. The van der Waals surface area contributed by atoms with Crippen molar-refractivity contribution in [2.45, 2.75) is 98.5 Å². The minimum atomic E-state index is -0.679. The molecule has 0 heterocycles. The first-order valence-corrected chi connectivity index (χ1v) is 14.7. The van der Waals surface area contributed by atoms with Gasteiger partial charge in [-0.2, -0.15) is 0 Å². The number of rotatable bonds is 8. The Bertz CT molecular complexity index is 1140. The first-order valence-electron chi connectivity index (χ1n) is 14.7. The molecule has 2 amide bonds. The zero-order valence-corrected chi connectivity index (χ0v) is 25.9. The topological polar surface area (TPSA) is 103 Å². The van der Waals surface area contributed by atoms with Crippen molar-refractivity contribution < 1.29 is 31.4 Å². The van der Waals surface area contributed by atoms with Crippen LogP contribution in [0.15, 0.2) is 36.4 Å². The fourth-order valence-electron chi connectivity index (χ4n) is 4.58. The van der Waals surface area contributed by atoms with E-state index < -0.39 is 17.7 Å². The number of anilines is 1. The Morgan fingerprint density at radius 1 is 0.951 bits per heavy atom. The number of esters is 1. The number of carbonyl (C=O) groups is 3. The summed E-state index contributed by atoms with van der Waals surface area (Å²) in [6.45, 7) is 11.1. The molecule has 0 saturated heterocycles. The van der Waals surface area contributed by atoms with Crippen LogP contribution >= 0.6 is 0 Å². The summed E-state index contributed by atoms with van der Waals surface area (Å²) in [4.78, 5) is 37.0. The predicted molar refractivity (Wildman–Crippen MR) is 167 cm³/mol. The van der Waals surface area contributed by atoms with Crippen LogP contribution in [0.3, 0.4) is 0 Å². The van der Waals surface area contributed by atoms with Gasteiger partial charge in [-0.15, -0.1) is 0 Å². The molecular weight excluding hydrogens is 520 g/mol. The molecule has 1 aliphatic carbocycles. The number of hydrogen-bond donors (Lipinski definition) is 2. The summed E-state index contributed by atoms with van der Waals surface area (Å²) < 4.78 is 16.0. The minimum Gasteiger partial charge on any atom is -0.496 e. The van der Waals surface area contributed by atoms with Crippen LogP contribution in [0.1, 0.15) is 99.1 Å². The third kappa shape index (κ3) is 11.8. The van der Waals surface area contributed by atoms with Gasteiger partial charge in [0.15, 0.2) is 0 Å². The van der Waals surface area contributed by atoms with E-state index >= 15 is 0 Å². The third-order valence-corrected chi connectivity index (χ3v) is 6.52. The smallest absolute Gasteiger partial charge is 0.408 e. The van der Waals surface area contributed by atoms with Gasteiger partial charge in [0.2, 0.25) is 5.91 Å². The van der Waals surface area contributed by atoms with Gasteiger partial charge < -0.3 is 24.8 Å². The maximum Gasteiger partial charge on any atom is 0.408 e. The van der Waals surface area contributed by atoms with Crippen LogP contribution in [0, 0.1) is 12.8 Å². The summed E-state index contributed by atoms with van der Waals surface area (Å²) in [5.41, 5.74) is 3.02. The van der Waals surface area contributed by atoms with Crippen molar-refractivity contribution >= 4 is 23.7 Å². The number of amides is 2. The van der Waals surface area contributed by atoms with Crippen LogP contribution < -0.4 is 20.1 Å².